The maximum atomic E-state index is 7.25. The average molecular weight is 195 g/mol. The molecule has 2 heteroatoms. The first kappa shape index (κ1) is 13.1. The van der Waals surface area contributed by atoms with Gasteiger partial charge in [-0.3, -0.25) is 0 Å². The summed E-state index contributed by atoms with van der Waals surface area (Å²) in [6.45, 7) is 8.91. The summed E-state index contributed by atoms with van der Waals surface area (Å²) in [5.74, 6) is 1.29. The third kappa shape index (κ3) is 3.90. The SMILES string of the molecule is CC(C)c1ccc(C(C)C)cc1.[O-]O. The van der Waals surface area contributed by atoms with Crippen molar-refractivity contribution in [1.82, 2.24) is 0 Å². The Morgan fingerprint density at radius 2 is 1.00 bits per heavy atom. The van der Waals surface area contributed by atoms with Crippen molar-refractivity contribution in [2.45, 2.75) is 39.5 Å². The van der Waals surface area contributed by atoms with E-state index in [0.717, 1.165) is 0 Å². The van der Waals surface area contributed by atoms with Crippen molar-refractivity contribution in [3.8, 4) is 0 Å². The predicted molar refractivity (Wildman–Crippen MR) is 57.2 cm³/mol. The summed E-state index contributed by atoms with van der Waals surface area (Å²) < 4.78 is 0. The molecule has 2 nitrogen and oxygen atoms in total. The first-order valence-corrected chi connectivity index (χ1v) is 4.89. The van der Waals surface area contributed by atoms with Crippen molar-refractivity contribution < 1.29 is 10.5 Å². The highest BCUT2D eigenvalue weighted by Crippen LogP contribution is 2.18. The second-order valence-corrected chi connectivity index (χ2v) is 3.98. The lowest BCUT2D eigenvalue weighted by Gasteiger charge is -2.08. The molecule has 0 unspecified atom stereocenters. The van der Waals surface area contributed by atoms with Crippen molar-refractivity contribution in [2.24, 2.45) is 0 Å². The predicted octanol–water partition coefficient (Wildman–Crippen LogP) is 2.75. The lowest BCUT2D eigenvalue weighted by Crippen LogP contribution is -1.90. The van der Waals surface area contributed by atoms with Crippen LogP contribution in [-0.4, -0.2) is 5.26 Å². The van der Waals surface area contributed by atoms with E-state index < -0.39 is 0 Å². The highest BCUT2D eigenvalue weighted by molar-refractivity contribution is 5.26. The average Bonchev–Trinajstić information content (AvgIpc) is 2.21. The van der Waals surface area contributed by atoms with Gasteiger partial charge in [-0.15, -0.1) is 0 Å². The number of benzene rings is 1. The summed E-state index contributed by atoms with van der Waals surface area (Å²) in [5, 5.41) is 13.0. The van der Waals surface area contributed by atoms with Gasteiger partial charge in [0.25, 0.3) is 0 Å². The molecule has 0 bridgehead atoms. The first-order chi connectivity index (χ1) is 6.61. The molecule has 0 heterocycles. The fourth-order valence-electron chi connectivity index (χ4n) is 1.27. The van der Waals surface area contributed by atoms with Gasteiger partial charge in [0.15, 0.2) is 0 Å². The summed E-state index contributed by atoms with van der Waals surface area (Å²) in [6, 6.07) is 8.94. The lowest BCUT2D eigenvalue weighted by molar-refractivity contribution is -0.670. The van der Waals surface area contributed by atoms with Crippen molar-refractivity contribution in [2.75, 3.05) is 0 Å². The van der Waals surface area contributed by atoms with Crippen LogP contribution in [0.4, 0.5) is 0 Å². The van der Waals surface area contributed by atoms with Gasteiger partial charge in [0, 0.05) is 0 Å². The molecule has 14 heavy (non-hydrogen) atoms. The maximum absolute atomic E-state index is 7.25. The molecule has 80 valence electrons. The van der Waals surface area contributed by atoms with Gasteiger partial charge in [-0.25, -0.2) is 0 Å². The van der Waals surface area contributed by atoms with E-state index in [1.807, 2.05) is 0 Å². The van der Waals surface area contributed by atoms with Gasteiger partial charge in [0.2, 0.25) is 0 Å². The van der Waals surface area contributed by atoms with E-state index in [4.69, 9.17) is 10.5 Å². The van der Waals surface area contributed by atoms with Gasteiger partial charge in [0.05, 0.1) is 0 Å². The van der Waals surface area contributed by atoms with Crippen molar-refractivity contribution in [1.29, 1.82) is 0 Å². The number of hydrogen-bond acceptors (Lipinski definition) is 2. The lowest BCUT2D eigenvalue weighted by atomic mass is 9.97. The Morgan fingerprint density at radius 1 is 0.786 bits per heavy atom. The molecule has 0 saturated heterocycles. The normalized spacial score (nSPS) is 10.0. The summed E-state index contributed by atoms with van der Waals surface area (Å²) in [7, 11) is 0. The van der Waals surface area contributed by atoms with E-state index in [1.54, 1.807) is 0 Å². The fraction of sp³-hybridized carbons (Fsp3) is 0.500. The Bertz CT molecular complexity index is 210. The van der Waals surface area contributed by atoms with E-state index in [-0.39, 0.29) is 0 Å². The second kappa shape index (κ2) is 6.57. The standard InChI is InChI=1S/C12H18.H2O2/c1-9(2)11-5-7-12(8-6-11)10(3)4;1-2/h5-10H,1-4H3;1-2H/p-1. The van der Waals surface area contributed by atoms with Crippen molar-refractivity contribution in [3.63, 3.8) is 0 Å². The molecule has 0 saturated carbocycles. The summed E-state index contributed by atoms with van der Waals surface area (Å²) in [4.78, 5) is 0. The molecular weight excluding hydrogens is 176 g/mol. The quantitative estimate of drug-likeness (QED) is 0.582. The first-order valence-electron chi connectivity index (χ1n) is 4.89. The van der Waals surface area contributed by atoms with Crippen LogP contribution in [0, 0.1) is 0 Å². The molecule has 1 aromatic rings. The molecule has 0 spiro atoms. The van der Waals surface area contributed by atoms with Gasteiger partial charge in [-0.05, 0) is 23.0 Å². The highest BCUT2D eigenvalue weighted by Gasteiger charge is 2.00. The summed E-state index contributed by atoms with van der Waals surface area (Å²) in [5.41, 5.74) is 2.86. The highest BCUT2D eigenvalue weighted by atomic mass is 17.0. The zero-order chi connectivity index (χ0) is 11.1. The van der Waals surface area contributed by atoms with Gasteiger partial charge in [-0.1, -0.05) is 52.0 Å². The Kier molecular flexibility index (Phi) is 6.17. The minimum atomic E-state index is 0.645. The molecule has 1 aromatic carbocycles. The Hall–Kier alpha value is -0.860. The maximum Gasteiger partial charge on any atom is -0.0219 e. The summed E-state index contributed by atoms with van der Waals surface area (Å²) in [6.07, 6.45) is 0. The number of hydrogen-bond donors (Lipinski definition) is 1. The molecule has 0 aliphatic carbocycles. The Labute approximate surface area is 86.1 Å². The molecule has 0 fully saturated rings. The molecule has 1 N–H and O–H groups in total. The van der Waals surface area contributed by atoms with Crippen LogP contribution in [0.5, 0.6) is 0 Å². The third-order valence-corrected chi connectivity index (χ3v) is 2.27. The molecule has 0 amide bonds. The molecule has 0 aliphatic heterocycles. The molecule has 0 aromatic heterocycles. The van der Waals surface area contributed by atoms with Crippen LogP contribution >= 0.6 is 0 Å². The smallest absolute Gasteiger partial charge is 0.0219 e. The summed E-state index contributed by atoms with van der Waals surface area (Å²) >= 11 is 0. The Morgan fingerprint density at radius 3 is 1.14 bits per heavy atom. The van der Waals surface area contributed by atoms with Crippen LogP contribution in [-0.2, 0) is 0 Å². The molecule has 0 radical (unpaired) electrons. The fourth-order valence-corrected chi connectivity index (χ4v) is 1.27. The molecule has 0 atom stereocenters. The van der Waals surface area contributed by atoms with E-state index >= 15 is 0 Å². The van der Waals surface area contributed by atoms with Crippen molar-refractivity contribution in [3.05, 3.63) is 35.4 Å². The molecule has 1 rings (SSSR count). The zero-order valence-corrected chi connectivity index (χ0v) is 9.32. The van der Waals surface area contributed by atoms with Gasteiger partial charge in [-0.2, -0.15) is 0 Å². The van der Waals surface area contributed by atoms with Crippen LogP contribution in [0.15, 0.2) is 24.3 Å². The van der Waals surface area contributed by atoms with E-state index in [9.17, 15) is 0 Å². The zero-order valence-electron chi connectivity index (χ0n) is 9.32. The van der Waals surface area contributed by atoms with E-state index in [0.29, 0.717) is 11.8 Å². The number of rotatable bonds is 2. The van der Waals surface area contributed by atoms with Crippen LogP contribution in [0.25, 0.3) is 0 Å². The van der Waals surface area contributed by atoms with Gasteiger partial charge >= 0.3 is 0 Å². The van der Waals surface area contributed by atoms with Gasteiger partial charge in [0.1, 0.15) is 0 Å². The Balaban J connectivity index is 0.000000791. The molecule has 0 aliphatic rings. The van der Waals surface area contributed by atoms with Crippen molar-refractivity contribution >= 4 is 0 Å². The van der Waals surface area contributed by atoms with E-state index in [2.05, 4.69) is 52.0 Å². The molecular formula is C12H19O2-. The topological polar surface area (TPSA) is 43.3 Å². The minimum absolute atomic E-state index is 0.645. The van der Waals surface area contributed by atoms with Gasteiger partial charge < -0.3 is 10.5 Å². The second-order valence-electron chi connectivity index (χ2n) is 3.98. The van der Waals surface area contributed by atoms with Crippen LogP contribution in [0.2, 0.25) is 0 Å². The third-order valence-electron chi connectivity index (χ3n) is 2.27. The van der Waals surface area contributed by atoms with E-state index in [1.165, 1.54) is 11.1 Å². The largest absolute Gasteiger partial charge is 0.727 e. The van der Waals surface area contributed by atoms with Crippen LogP contribution in [0.3, 0.4) is 0 Å². The monoisotopic (exact) mass is 195 g/mol. The van der Waals surface area contributed by atoms with Crippen LogP contribution in [0.1, 0.15) is 50.7 Å². The minimum Gasteiger partial charge on any atom is -0.727 e. The van der Waals surface area contributed by atoms with Crippen LogP contribution < -0.4 is 5.26 Å².